The van der Waals surface area contributed by atoms with E-state index in [1.54, 1.807) is 18.8 Å². The molecule has 0 unspecified atom stereocenters. The van der Waals surface area contributed by atoms with Gasteiger partial charge >= 0.3 is 0 Å². The summed E-state index contributed by atoms with van der Waals surface area (Å²) in [7, 11) is 5.28. The SMILES string of the molecule is CCc1nn(C)c(OC)c1CNc1ncnc(Cl)c1NC. The molecule has 0 aliphatic carbocycles. The molecular weight excluding hydrogens is 292 g/mol. The lowest BCUT2D eigenvalue weighted by molar-refractivity contribution is 0.369. The van der Waals surface area contributed by atoms with Gasteiger partial charge in [-0.15, -0.1) is 0 Å². The molecule has 0 spiro atoms. The van der Waals surface area contributed by atoms with Gasteiger partial charge in [-0.1, -0.05) is 18.5 Å². The minimum atomic E-state index is 0.379. The molecule has 0 saturated carbocycles. The number of hydrogen-bond acceptors (Lipinski definition) is 6. The number of ether oxygens (including phenoxy) is 1. The van der Waals surface area contributed by atoms with Crippen LogP contribution >= 0.6 is 11.6 Å². The second kappa shape index (κ2) is 6.62. The maximum Gasteiger partial charge on any atom is 0.216 e. The van der Waals surface area contributed by atoms with E-state index in [-0.39, 0.29) is 0 Å². The minimum absolute atomic E-state index is 0.379. The molecule has 0 aromatic carbocycles. The number of hydrogen-bond donors (Lipinski definition) is 2. The summed E-state index contributed by atoms with van der Waals surface area (Å²) < 4.78 is 7.15. The predicted octanol–water partition coefficient (Wildman–Crippen LogP) is 2.09. The lowest BCUT2D eigenvalue weighted by atomic mass is 10.2. The number of nitrogens with zero attached hydrogens (tertiary/aromatic N) is 4. The number of nitrogens with one attached hydrogen (secondary N) is 2. The van der Waals surface area contributed by atoms with E-state index in [4.69, 9.17) is 16.3 Å². The van der Waals surface area contributed by atoms with Crippen LogP contribution in [0.5, 0.6) is 5.88 Å². The molecule has 0 atom stereocenters. The Labute approximate surface area is 128 Å². The van der Waals surface area contributed by atoms with Crippen molar-refractivity contribution >= 4 is 23.1 Å². The van der Waals surface area contributed by atoms with Crippen LogP contribution in [0.2, 0.25) is 5.15 Å². The summed E-state index contributed by atoms with van der Waals surface area (Å²) in [4.78, 5) is 8.15. The van der Waals surface area contributed by atoms with Crippen LogP contribution in [0, 0.1) is 0 Å². The van der Waals surface area contributed by atoms with Gasteiger partial charge in [-0.3, -0.25) is 0 Å². The van der Waals surface area contributed by atoms with Crippen molar-refractivity contribution in [2.24, 2.45) is 7.05 Å². The molecular formula is C13H19ClN6O. The zero-order chi connectivity index (χ0) is 15.4. The van der Waals surface area contributed by atoms with Crippen LogP contribution in [0.15, 0.2) is 6.33 Å². The Balaban J connectivity index is 2.26. The van der Waals surface area contributed by atoms with Gasteiger partial charge in [0, 0.05) is 20.6 Å². The van der Waals surface area contributed by atoms with Gasteiger partial charge in [0.2, 0.25) is 5.88 Å². The zero-order valence-corrected chi connectivity index (χ0v) is 13.3. The van der Waals surface area contributed by atoms with Crippen molar-refractivity contribution in [1.29, 1.82) is 0 Å². The van der Waals surface area contributed by atoms with Gasteiger partial charge in [-0.2, -0.15) is 5.10 Å². The summed E-state index contributed by atoms with van der Waals surface area (Å²) in [6, 6.07) is 0. The van der Waals surface area contributed by atoms with Crippen molar-refractivity contribution in [3.8, 4) is 5.88 Å². The quantitative estimate of drug-likeness (QED) is 0.796. The van der Waals surface area contributed by atoms with E-state index in [1.165, 1.54) is 6.33 Å². The van der Waals surface area contributed by atoms with Gasteiger partial charge in [0.15, 0.2) is 11.0 Å². The first-order valence-corrected chi connectivity index (χ1v) is 7.01. The lowest BCUT2D eigenvalue weighted by Crippen LogP contribution is -2.08. The molecule has 0 aliphatic heterocycles. The molecule has 2 aromatic heterocycles. The lowest BCUT2D eigenvalue weighted by Gasteiger charge is -2.12. The van der Waals surface area contributed by atoms with E-state index in [1.807, 2.05) is 7.05 Å². The van der Waals surface area contributed by atoms with Crippen LogP contribution in [0.1, 0.15) is 18.2 Å². The molecule has 2 aromatic rings. The van der Waals surface area contributed by atoms with Crippen LogP contribution < -0.4 is 15.4 Å². The Kier molecular flexibility index (Phi) is 4.85. The molecule has 0 radical (unpaired) electrons. The van der Waals surface area contributed by atoms with Crippen LogP contribution in [0.4, 0.5) is 11.5 Å². The highest BCUT2D eigenvalue weighted by atomic mass is 35.5. The van der Waals surface area contributed by atoms with Crippen molar-refractivity contribution in [3.63, 3.8) is 0 Å². The largest absolute Gasteiger partial charge is 0.481 e. The fourth-order valence-electron chi connectivity index (χ4n) is 2.21. The van der Waals surface area contributed by atoms with Gasteiger partial charge < -0.3 is 15.4 Å². The first-order valence-electron chi connectivity index (χ1n) is 6.63. The van der Waals surface area contributed by atoms with E-state index in [0.29, 0.717) is 23.2 Å². The minimum Gasteiger partial charge on any atom is -0.481 e. The van der Waals surface area contributed by atoms with Gasteiger partial charge in [0.25, 0.3) is 0 Å². The molecule has 0 amide bonds. The summed E-state index contributed by atoms with van der Waals surface area (Å²) >= 11 is 6.04. The van der Waals surface area contributed by atoms with E-state index >= 15 is 0 Å². The standard InChI is InChI=1S/C13H19ClN6O/c1-5-9-8(13(21-4)20(3)19-9)6-16-12-10(15-2)11(14)17-7-18-12/h7,15H,5-6H2,1-4H3,(H,16,17,18). The van der Waals surface area contributed by atoms with Gasteiger partial charge in [-0.05, 0) is 6.42 Å². The maximum atomic E-state index is 6.04. The van der Waals surface area contributed by atoms with Crippen LogP contribution in [0.25, 0.3) is 0 Å². The normalized spacial score (nSPS) is 10.5. The molecule has 0 bridgehead atoms. The van der Waals surface area contributed by atoms with Crippen molar-refractivity contribution in [2.45, 2.75) is 19.9 Å². The number of anilines is 2. The summed E-state index contributed by atoms with van der Waals surface area (Å²) in [5, 5.41) is 11.1. The second-order valence-electron chi connectivity index (χ2n) is 4.40. The first-order chi connectivity index (χ1) is 10.1. The third-order valence-electron chi connectivity index (χ3n) is 3.18. The van der Waals surface area contributed by atoms with Crippen molar-refractivity contribution < 1.29 is 4.74 Å². The molecule has 7 nitrogen and oxygen atoms in total. The molecule has 2 N–H and O–H groups in total. The van der Waals surface area contributed by atoms with E-state index < -0.39 is 0 Å². The summed E-state index contributed by atoms with van der Waals surface area (Å²) in [5.41, 5.74) is 2.67. The molecule has 8 heteroatoms. The average molecular weight is 311 g/mol. The second-order valence-corrected chi connectivity index (χ2v) is 4.76. The average Bonchev–Trinajstić information content (AvgIpc) is 2.80. The molecule has 2 heterocycles. The number of methoxy groups -OCH3 is 1. The highest BCUT2D eigenvalue weighted by molar-refractivity contribution is 6.32. The predicted molar refractivity (Wildman–Crippen MR) is 83.1 cm³/mol. The smallest absolute Gasteiger partial charge is 0.216 e. The number of rotatable bonds is 6. The Morgan fingerprint density at radius 1 is 1.38 bits per heavy atom. The highest BCUT2D eigenvalue weighted by Crippen LogP contribution is 2.28. The number of halogens is 1. The monoisotopic (exact) mass is 310 g/mol. The number of aryl methyl sites for hydroxylation is 2. The fourth-order valence-corrected chi connectivity index (χ4v) is 2.44. The molecule has 0 fully saturated rings. The van der Waals surface area contributed by atoms with E-state index in [2.05, 4.69) is 32.6 Å². The third-order valence-corrected chi connectivity index (χ3v) is 3.47. The molecule has 0 aliphatic rings. The first kappa shape index (κ1) is 15.4. The van der Waals surface area contributed by atoms with Gasteiger partial charge in [0.05, 0.1) is 18.4 Å². The topological polar surface area (TPSA) is 76.9 Å². The van der Waals surface area contributed by atoms with Crippen LogP contribution in [-0.2, 0) is 20.0 Å². The summed E-state index contributed by atoms with van der Waals surface area (Å²) in [5.74, 6) is 1.39. The third kappa shape index (κ3) is 3.02. The summed E-state index contributed by atoms with van der Waals surface area (Å²) in [6.07, 6.45) is 2.25. The van der Waals surface area contributed by atoms with Crippen LogP contribution in [0.3, 0.4) is 0 Å². The molecule has 2 rings (SSSR count). The Morgan fingerprint density at radius 3 is 2.76 bits per heavy atom. The van der Waals surface area contributed by atoms with Crippen molar-refractivity contribution in [3.05, 3.63) is 22.7 Å². The van der Waals surface area contributed by atoms with Crippen molar-refractivity contribution in [2.75, 3.05) is 24.8 Å². The molecule has 21 heavy (non-hydrogen) atoms. The molecule has 114 valence electrons. The molecule has 0 saturated heterocycles. The fraction of sp³-hybridized carbons (Fsp3) is 0.462. The van der Waals surface area contributed by atoms with Gasteiger partial charge in [-0.25, -0.2) is 14.6 Å². The van der Waals surface area contributed by atoms with Crippen molar-refractivity contribution in [1.82, 2.24) is 19.7 Å². The zero-order valence-electron chi connectivity index (χ0n) is 12.6. The Bertz CT molecular complexity index is 627. The van der Waals surface area contributed by atoms with Gasteiger partial charge in [0.1, 0.15) is 12.0 Å². The Morgan fingerprint density at radius 2 is 2.14 bits per heavy atom. The number of aromatic nitrogens is 4. The highest BCUT2D eigenvalue weighted by Gasteiger charge is 2.16. The maximum absolute atomic E-state index is 6.04. The Hall–Kier alpha value is -2.02. The van der Waals surface area contributed by atoms with E-state index in [0.717, 1.165) is 23.6 Å². The van der Waals surface area contributed by atoms with E-state index in [9.17, 15) is 0 Å². The van der Waals surface area contributed by atoms with Crippen LogP contribution in [-0.4, -0.2) is 33.9 Å². The summed E-state index contributed by atoms with van der Waals surface area (Å²) in [6.45, 7) is 2.61.